The highest BCUT2D eigenvalue weighted by Gasteiger charge is 2.39. The predicted molar refractivity (Wildman–Crippen MR) is 228 cm³/mol. The van der Waals surface area contributed by atoms with Crippen molar-refractivity contribution < 1.29 is 0 Å². The van der Waals surface area contributed by atoms with Crippen molar-refractivity contribution in [3.63, 3.8) is 0 Å². The molecule has 0 nitrogen and oxygen atoms in total. The van der Waals surface area contributed by atoms with Crippen molar-refractivity contribution in [3.8, 4) is 44.5 Å². The summed E-state index contributed by atoms with van der Waals surface area (Å²) in [5, 5.41) is 13.0. The second kappa shape index (κ2) is 11.2. The fraction of sp³-hybridized carbons (Fsp3) is 0.0566. The Kier molecular flexibility index (Phi) is 6.40. The zero-order valence-electron chi connectivity index (χ0n) is 29.8. The number of fused-ring (bicyclic) bond motifs is 12. The molecule has 0 radical (unpaired) electrons. The molecular weight excluding hydrogens is 637 g/mol. The van der Waals surface area contributed by atoms with Gasteiger partial charge in [0.05, 0.1) is 0 Å². The smallest absolute Gasteiger partial charge is 0.0165 e. The normalized spacial score (nSPS) is 13.2. The summed E-state index contributed by atoms with van der Waals surface area (Å²) in [7, 11) is 0. The monoisotopic (exact) mass is 672 g/mol. The molecule has 0 spiro atoms. The second-order valence-corrected chi connectivity index (χ2v) is 15.2. The second-order valence-electron chi connectivity index (χ2n) is 15.2. The molecule has 248 valence electrons. The van der Waals surface area contributed by atoms with Gasteiger partial charge in [-0.25, -0.2) is 0 Å². The first-order valence-electron chi connectivity index (χ1n) is 18.7. The van der Waals surface area contributed by atoms with E-state index in [1.165, 1.54) is 109 Å². The van der Waals surface area contributed by atoms with E-state index in [1.807, 2.05) is 0 Å². The van der Waals surface area contributed by atoms with Crippen LogP contribution in [0.25, 0.3) is 98.4 Å². The summed E-state index contributed by atoms with van der Waals surface area (Å²) >= 11 is 0. The highest BCUT2D eigenvalue weighted by molar-refractivity contribution is 6.25. The molecule has 0 N–H and O–H groups in total. The van der Waals surface area contributed by atoms with Gasteiger partial charge in [-0.05, 0) is 122 Å². The first-order chi connectivity index (χ1) is 26.1. The van der Waals surface area contributed by atoms with Crippen molar-refractivity contribution in [2.45, 2.75) is 19.3 Å². The molecule has 0 heterocycles. The summed E-state index contributed by atoms with van der Waals surface area (Å²) < 4.78 is 0. The molecule has 53 heavy (non-hydrogen) atoms. The number of hydrogen-bond acceptors (Lipinski definition) is 0. The molecule has 0 heteroatoms. The third kappa shape index (κ3) is 4.30. The van der Waals surface area contributed by atoms with E-state index in [4.69, 9.17) is 0 Å². The Morgan fingerprint density at radius 1 is 0.283 bits per heavy atom. The van der Waals surface area contributed by atoms with E-state index in [0.717, 1.165) is 0 Å². The van der Waals surface area contributed by atoms with Crippen molar-refractivity contribution in [3.05, 3.63) is 193 Å². The van der Waals surface area contributed by atoms with Crippen LogP contribution in [0.2, 0.25) is 0 Å². The van der Waals surface area contributed by atoms with Gasteiger partial charge < -0.3 is 0 Å². The van der Waals surface area contributed by atoms with Gasteiger partial charge in [0.15, 0.2) is 0 Å². The predicted octanol–water partition coefficient (Wildman–Crippen LogP) is 14.8. The maximum atomic E-state index is 2.49. The van der Waals surface area contributed by atoms with Gasteiger partial charge in [0, 0.05) is 5.41 Å². The van der Waals surface area contributed by atoms with Crippen molar-refractivity contribution >= 4 is 53.9 Å². The average Bonchev–Trinajstić information content (AvgIpc) is 3.47. The zero-order chi connectivity index (χ0) is 35.3. The zero-order valence-corrected chi connectivity index (χ0v) is 29.8. The van der Waals surface area contributed by atoms with E-state index >= 15 is 0 Å². The molecule has 0 fully saturated rings. The van der Waals surface area contributed by atoms with Crippen LogP contribution in [0.15, 0.2) is 182 Å². The van der Waals surface area contributed by atoms with Crippen LogP contribution in [0.3, 0.4) is 0 Å². The summed E-state index contributed by atoms with van der Waals surface area (Å²) in [6, 6.07) is 67.7. The minimum absolute atomic E-state index is 0.145. The highest BCUT2D eigenvalue weighted by atomic mass is 14.4. The van der Waals surface area contributed by atoms with E-state index in [9.17, 15) is 0 Å². The number of benzene rings is 10. The van der Waals surface area contributed by atoms with Gasteiger partial charge in [-0.1, -0.05) is 184 Å². The number of hydrogen-bond donors (Lipinski definition) is 0. The molecular formula is C53H36. The fourth-order valence-electron chi connectivity index (χ4n) is 9.69. The van der Waals surface area contributed by atoms with Crippen LogP contribution in [-0.2, 0) is 5.41 Å². The molecule has 0 bridgehead atoms. The lowest BCUT2D eigenvalue weighted by atomic mass is 9.78. The van der Waals surface area contributed by atoms with Crippen LogP contribution >= 0.6 is 0 Å². The fourth-order valence-corrected chi connectivity index (χ4v) is 9.69. The van der Waals surface area contributed by atoms with Crippen LogP contribution < -0.4 is 0 Å². The maximum absolute atomic E-state index is 2.49. The van der Waals surface area contributed by atoms with E-state index < -0.39 is 0 Å². The maximum Gasteiger partial charge on any atom is 0.0165 e. The molecule has 11 rings (SSSR count). The van der Waals surface area contributed by atoms with Gasteiger partial charge in [-0.2, -0.15) is 0 Å². The Balaban J connectivity index is 1.20. The standard InChI is InChI=1S/C53H36/c1-53(2)47-30-28-34-17-6-7-20-38(34)50(47)51-40-22-9-8-21-39(40)46-32-37(27-29-45(46)52(51)53)49-43-25-12-10-23-41(43)48(42-24-11-13-26-44(42)49)36-19-14-18-35(31-36)33-15-4-3-5-16-33/h3-32H,1-2H3. The Hall–Kier alpha value is -6.50. The van der Waals surface area contributed by atoms with Crippen LogP contribution in [0.1, 0.15) is 25.0 Å². The topological polar surface area (TPSA) is 0 Å². The van der Waals surface area contributed by atoms with E-state index in [-0.39, 0.29) is 5.41 Å². The summed E-state index contributed by atoms with van der Waals surface area (Å²) in [4.78, 5) is 0. The van der Waals surface area contributed by atoms with Gasteiger partial charge in [0.25, 0.3) is 0 Å². The Morgan fingerprint density at radius 2 is 0.792 bits per heavy atom. The van der Waals surface area contributed by atoms with Crippen LogP contribution in [0.5, 0.6) is 0 Å². The molecule has 0 aromatic heterocycles. The van der Waals surface area contributed by atoms with Crippen LogP contribution in [0, 0.1) is 0 Å². The lowest BCUT2D eigenvalue weighted by Crippen LogP contribution is -2.15. The molecule has 0 aliphatic heterocycles. The third-order valence-electron chi connectivity index (χ3n) is 12.0. The molecule has 10 aromatic carbocycles. The summed E-state index contributed by atoms with van der Waals surface area (Å²) in [5.74, 6) is 0. The van der Waals surface area contributed by atoms with Crippen molar-refractivity contribution in [1.29, 1.82) is 0 Å². The SMILES string of the molecule is CC1(C)c2ccc3ccccc3c2-c2c1c1ccc(-c3c4ccccc4c(-c4cccc(-c5ccccc5)c4)c4ccccc34)cc1c1ccccc21. The van der Waals surface area contributed by atoms with Gasteiger partial charge >= 0.3 is 0 Å². The molecule has 0 amide bonds. The van der Waals surface area contributed by atoms with Gasteiger partial charge in [-0.15, -0.1) is 0 Å². The summed E-state index contributed by atoms with van der Waals surface area (Å²) in [5.41, 5.74) is 13.0. The summed E-state index contributed by atoms with van der Waals surface area (Å²) in [6.45, 7) is 4.84. The largest absolute Gasteiger partial charge is 0.0622 e. The van der Waals surface area contributed by atoms with Crippen LogP contribution in [-0.4, -0.2) is 0 Å². The molecule has 10 aromatic rings. The summed E-state index contributed by atoms with van der Waals surface area (Å²) in [6.07, 6.45) is 0. The lowest BCUT2D eigenvalue weighted by molar-refractivity contribution is 0.667. The molecule has 0 atom stereocenters. The van der Waals surface area contributed by atoms with Crippen LogP contribution in [0.4, 0.5) is 0 Å². The Bertz CT molecular complexity index is 3070. The van der Waals surface area contributed by atoms with E-state index in [1.54, 1.807) is 0 Å². The van der Waals surface area contributed by atoms with Crippen molar-refractivity contribution in [1.82, 2.24) is 0 Å². The van der Waals surface area contributed by atoms with Gasteiger partial charge in [0.1, 0.15) is 0 Å². The Labute approximate surface area is 309 Å². The molecule has 0 saturated carbocycles. The van der Waals surface area contributed by atoms with E-state index in [0.29, 0.717) is 0 Å². The third-order valence-corrected chi connectivity index (χ3v) is 12.0. The molecule has 1 aliphatic rings. The molecule has 0 unspecified atom stereocenters. The van der Waals surface area contributed by atoms with Gasteiger partial charge in [0.2, 0.25) is 0 Å². The lowest BCUT2D eigenvalue weighted by Gasteiger charge is -2.24. The van der Waals surface area contributed by atoms with Crippen molar-refractivity contribution in [2.24, 2.45) is 0 Å². The number of rotatable bonds is 3. The molecule has 0 saturated heterocycles. The van der Waals surface area contributed by atoms with E-state index in [2.05, 4.69) is 196 Å². The quantitative estimate of drug-likeness (QED) is 0.129. The molecule has 1 aliphatic carbocycles. The first-order valence-corrected chi connectivity index (χ1v) is 18.7. The minimum Gasteiger partial charge on any atom is -0.0622 e. The highest BCUT2D eigenvalue weighted by Crippen LogP contribution is 2.57. The Morgan fingerprint density at radius 3 is 1.45 bits per heavy atom. The first kappa shape index (κ1) is 30.2. The van der Waals surface area contributed by atoms with Crippen molar-refractivity contribution in [2.75, 3.05) is 0 Å². The van der Waals surface area contributed by atoms with Gasteiger partial charge in [-0.3, -0.25) is 0 Å². The average molecular weight is 673 g/mol. The minimum atomic E-state index is -0.145.